The second-order valence-electron chi connectivity index (χ2n) is 9.94. The maximum Gasteiger partial charge on any atom is 0.324 e. The molecule has 0 saturated carbocycles. The van der Waals surface area contributed by atoms with Gasteiger partial charge in [0.1, 0.15) is 23.6 Å². The number of fused-ring (bicyclic) bond motifs is 1. The molecule has 210 valence electrons. The van der Waals surface area contributed by atoms with E-state index in [0.717, 1.165) is 59.9 Å². The van der Waals surface area contributed by atoms with Crippen LogP contribution in [0.25, 0.3) is 22.3 Å². The van der Waals surface area contributed by atoms with E-state index in [1.165, 1.54) is 6.08 Å². The predicted molar refractivity (Wildman–Crippen MR) is 158 cm³/mol. The van der Waals surface area contributed by atoms with Gasteiger partial charge < -0.3 is 30.2 Å². The lowest BCUT2D eigenvalue weighted by Gasteiger charge is -2.27. The summed E-state index contributed by atoms with van der Waals surface area (Å²) in [6.45, 7) is 7.93. The van der Waals surface area contributed by atoms with Gasteiger partial charge in [-0.1, -0.05) is 18.7 Å². The van der Waals surface area contributed by atoms with Crippen LogP contribution in [-0.2, 0) is 9.53 Å². The predicted octanol–water partition coefficient (Wildman–Crippen LogP) is 3.38. The van der Waals surface area contributed by atoms with Crippen LogP contribution in [0.1, 0.15) is 6.42 Å². The number of ether oxygens (including phenoxy) is 1. The minimum Gasteiger partial charge on any atom is -0.378 e. The molecule has 5 heterocycles. The molecule has 0 radical (unpaired) electrons. The number of hydrogen-bond donors (Lipinski definition) is 4. The Balaban J connectivity index is 1.08. The van der Waals surface area contributed by atoms with Crippen LogP contribution in [0, 0.1) is 0 Å². The maximum atomic E-state index is 12.7. The minimum absolute atomic E-state index is 0.0560. The van der Waals surface area contributed by atoms with Crippen molar-refractivity contribution in [2.24, 2.45) is 0 Å². The molecule has 4 N–H and O–H groups in total. The van der Waals surface area contributed by atoms with Gasteiger partial charge in [-0.25, -0.2) is 19.7 Å². The van der Waals surface area contributed by atoms with Gasteiger partial charge in [0.15, 0.2) is 0 Å². The standard InChI is InChI=1S/C29H31N9O3/c1-2-26(39)33-21-8-10-38(17-21)22-7-9-30-25(15-22)36-29(40)34-20-5-3-19(4-6-20)24-16-23-27(35-24)31-18-32-28(23)37-11-13-41-14-12-37/h2-7,9,15-16,18,21H,1,8,10-14,17H2,(H,33,39)(H,31,32,35)(H2,30,34,36,40). The van der Waals surface area contributed by atoms with Crippen molar-refractivity contribution < 1.29 is 14.3 Å². The van der Waals surface area contributed by atoms with Gasteiger partial charge in [0.25, 0.3) is 0 Å². The summed E-state index contributed by atoms with van der Waals surface area (Å²) >= 11 is 0. The lowest BCUT2D eigenvalue weighted by molar-refractivity contribution is -0.117. The number of morpholine rings is 1. The Morgan fingerprint density at radius 3 is 2.63 bits per heavy atom. The van der Waals surface area contributed by atoms with E-state index < -0.39 is 6.03 Å². The number of pyridine rings is 1. The number of rotatable bonds is 7. The highest BCUT2D eigenvalue weighted by atomic mass is 16.5. The number of carbonyl (C=O) groups excluding carboxylic acids is 2. The summed E-state index contributed by atoms with van der Waals surface area (Å²) in [4.78, 5) is 45.3. The first-order valence-corrected chi connectivity index (χ1v) is 13.5. The van der Waals surface area contributed by atoms with E-state index in [4.69, 9.17) is 4.74 Å². The summed E-state index contributed by atoms with van der Waals surface area (Å²) in [6, 6.07) is 13.0. The first-order valence-electron chi connectivity index (χ1n) is 13.5. The number of aromatic nitrogens is 4. The third-order valence-electron chi connectivity index (χ3n) is 7.24. The van der Waals surface area contributed by atoms with Gasteiger partial charge in [-0.2, -0.15) is 0 Å². The summed E-state index contributed by atoms with van der Waals surface area (Å²) in [7, 11) is 0. The number of hydrogen-bond acceptors (Lipinski definition) is 8. The molecule has 2 saturated heterocycles. The third kappa shape index (κ3) is 5.97. The Morgan fingerprint density at radius 2 is 1.83 bits per heavy atom. The van der Waals surface area contributed by atoms with Crippen molar-refractivity contribution in [3.63, 3.8) is 0 Å². The Labute approximate surface area is 236 Å². The zero-order chi connectivity index (χ0) is 28.2. The molecule has 4 aromatic rings. The highest BCUT2D eigenvalue weighted by Gasteiger charge is 2.24. The summed E-state index contributed by atoms with van der Waals surface area (Å²) in [5, 5.41) is 9.56. The number of nitrogens with zero attached hydrogens (tertiary/aromatic N) is 5. The lowest BCUT2D eigenvalue weighted by Crippen LogP contribution is -2.36. The molecule has 41 heavy (non-hydrogen) atoms. The van der Waals surface area contributed by atoms with Crippen molar-refractivity contribution in [1.82, 2.24) is 25.3 Å². The summed E-state index contributed by atoms with van der Waals surface area (Å²) in [6.07, 6.45) is 5.35. The molecular weight excluding hydrogens is 522 g/mol. The van der Waals surface area contributed by atoms with E-state index in [1.54, 1.807) is 12.5 Å². The number of H-pyrrole nitrogens is 1. The van der Waals surface area contributed by atoms with Crippen LogP contribution in [0.15, 0.2) is 67.6 Å². The van der Waals surface area contributed by atoms with Gasteiger partial charge in [-0.05, 0) is 42.3 Å². The first-order chi connectivity index (χ1) is 20.1. The SMILES string of the molecule is C=CC(=O)NC1CCN(c2ccnc(NC(=O)Nc3ccc(-c4cc5c(N6CCOCC6)ncnc5[nH]4)cc3)c2)C1. The van der Waals surface area contributed by atoms with Gasteiger partial charge in [-0.3, -0.25) is 10.1 Å². The fourth-order valence-corrected chi connectivity index (χ4v) is 5.18. The Kier molecular flexibility index (Phi) is 7.46. The summed E-state index contributed by atoms with van der Waals surface area (Å²) in [5.41, 5.74) is 4.23. The Morgan fingerprint density at radius 1 is 1.00 bits per heavy atom. The molecule has 2 aliphatic rings. The first kappa shape index (κ1) is 26.3. The summed E-state index contributed by atoms with van der Waals surface area (Å²) in [5.74, 6) is 1.16. The van der Waals surface area contributed by atoms with Crippen LogP contribution < -0.4 is 25.8 Å². The van der Waals surface area contributed by atoms with Crippen molar-refractivity contribution in [1.29, 1.82) is 0 Å². The third-order valence-corrected chi connectivity index (χ3v) is 7.24. The zero-order valence-corrected chi connectivity index (χ0v) is 22.5. The van der Waals surface area contributed by atoms with Crippen molar-refractivity contribution in [2.45, 2.75) is 12.5 Å². The van der Waals surface area contributed by atoms with Gasteiger partial charge in [0, 0.05) is 61.6 Å². The van der Waals surface area contributed by atoms with E-state index in [9.17, 15) is 9.59 Å². The van der Waals surface area contributed by atoms with Gasteiger partial charge in [0.2, 0.25) is 5.91 Å². The van der Waals surface area contributed by atoms with E-state index in [2.05, 4.69) is 58.3 Å². The summed E-state index contributed by atoms with van der Waals surface area (Å²) < 4.78 is 5.48. The number of benzene rings is 1. The van der Waals surface area contributed by atoms with E-state index in [1.807, 2.05) is 36.4 Å². The van der Waals surface area contributed by atoms with Crippen molar-refractivity contribution in [2.75, 3.05) is 59.8 Å². The maximum absolute atomic E-state index is 12.7. The molecule has 0 aliphatic carbocycles. The molecule has 1 unspecified atom stereocenters. The molecule has 0 bridgehead atoms. The van der Waals surface area contributed by atoms with E-state index in [0.29, 0.717) is 31.3 Å². The minimum atomic E-state index is -0.393. The highest BCUT2D eigenvalue weighted by Crippen LogP contribution is 2.30. The van der Waals surface area contributed by atoms with Crippen LogP contribution in [0.3, 0.4) is 0 Å². The van der Waals surface area contributed by atoms with Crippen LogP contribution in [0.2, 0.25) is 0 Å². The van der Waals surface area contributed by atoms with Crippen LogP contribution >= 0.6 is 0 Å². The Hall–Kier alpha value is -4.97. The van der Waals surface area contributed by atoms with Crippen LogP contribution in [0.5, 0.6) is 0 Å². The van der Waals surface area contributed by atoms with Crippen LogP contribution in [-0.4, -0.2) is 77.3 Å². The molecular formula is C29H31N9O3. The molecule has 3 amide bonds. The number of carbonyl (C=O) groups is 2. The van der Waals surface area contributed by atoms with Gasteiger partial charge in [0.05, 0.1) is 18.6 Å². The number of aromatic amines is 1. The molecule has 12 nitrogen and oxygen atoms in total. The Bertz CT molecular complexity index is 1560. The average molecular weight is 554 g/mol. The van der Waals surface area contributed by atoms with E-state index >= 15 is 0 Å². The molecule has 1 atom stereocenters. The van der Waals surface area contributed by atoms with Gasteiger partial charge >= 0.3 is 6.03 Å². The van der Waals surface area contributed by atoms with Crippen molar-refractivity contribution >= 4 is 46.0 Å². The normalized spacial score (nSPS) is 16.9. The molecule has 2 fully saturated rings. The number of anilines is 4. The topological polar surface area (TPSA) is 140 Å². The molecule has 3 aromatic heterocycles. The lowest BCUT2D eigenvalue weighted by atomic mass is 10.1. The number of urea groups is 1. The fourth-order valence-electron chi connectivity index (χ4n) is 5.18. The molecule has 6 rings (SSSR count). The monoisotopic (exact) mass is 553 g/mol. The number of amides is 3. The average Bonchev–Trinajstić information content (AvgIpc) is 3.65. The smallest absolute Gasteiger partial charge is 0.324 e. The van der Waals surface area contributed by atoms with Gasteiger partial charge in [-0.15, -0.1) is 0 Å². The second-order valence-corrected chi connectivity index (χ2v) is 9.94. The zero-order valence-electron chi connectivity index (χ0n) is 22.5. The quantitative estimate of drug-likeness (QED) is 0.255. The van der Waals surface area contributed by atoms with Crippen molar-refractivity contribution in [3.05, 3.63) is 67.6 Å². The van der Waals surface area contributed by atoms with Crippen molar-refractivity contribution in [3.8, 4) is 11.3 Å². The molecule has 2 aliphatic heterocycles. The van der Waals surface area contributed by atoms with E-state index in [-0.39, 0.29) is 11.9 Å². The second kappa shape index (κ2) is 11.6. The molecule has 1 aromatic carbocycles. The molecule has 0 spiro atoms. The molecule has 12 heteroatoms. The largest absolute Gasteiger partial charge is 0.378 e. The number of nitrogens with one attached hydrogen (secondary N) is 4. The van der Waals surface area contributed by atoms with Crippen LogP contribution in [0.4, 0.5) is 27.8 Å². The fraction of sp³-hybridized carbons (Fsp3) is 0.276. The highest BCUT2D eigenvalue weighted by molar-refractivity contribution is 5.99.